The normalized spacial score (nSPS) is 10.5. The van der Waals surface area contributed by atoms with Crippen molar-refractivity contribution in [3.8, 4) is 11.6 Å². The minimum atomic E-state index is -0.489. The number of nitrogens with zero attached hydrogens (tertiary/aromatic N) is 3. The molecule has 2 heterocycles. The van der Waals surface area contributed by atoms with Gasteiger partial charge in [-0.05, 0) is 50.2 Å². The second kappa shape index (κ2) is 8.32. The summed E-state index contributed by atoms with van der Waals surface area (Å²) in [6, 6.07) is 10.1. The molecule has 3 aromatic rings. The molecule has 0 aliphatic heterocycles. The van der Waals surface area contributed by atoms with Crippen molar-refractivity contribution in [2.75, 3.05) is 17.7 Å². The summed E-state index contributed by atoms with van der Waals surface area (Å²) in [4.78, 5) is 28.6. The zero-order valence-electron chi connectivity index (χ0n) is 16.4. The zero-order chi connectivity index (χ0) is 21.1. The standard InChI is InChI=1S/C20H20ClN5O3/c1-11-9-12(2)26(25-11)18-8-6-15(21)19(24-18)20(28)23-14-5-7-17(29-4)16(10-14)22-13(3)27/h5-10H,1-4H3,(H,22,27)(H,23,28). The Kier molecular flexibility index (Phi) is 5.84. The van der Waals surface area contributed by atoms with Gasteiger partial charge >= 0.3 is 0 Å². The number of anilines is 2. The number of hydrogen-bond acceptors (Lipinski definition) is 5. The van der Waals surface area contributed by atoms with E-state index in [0.717, 1.165) is 11.4 Å². The third kappa shape index (κ3) is 4.55. The maximum Gasteiger partial charge on any atom is 0.275 e. The minimum absolute atomic E-state index is 0.0635. The van der Waals surface area contributed by atoms with E-state index in [2.05, 4.69) is 20.7 Å². The van der Waals surface area contributed by atoms with Crippen molar-refractivity contribution in [1.29, 1.82) is 0 Å². The first-order valence-corrected chi connectivity index (χ1v) is 9.13. The molecule has 0 aliphatic carbocycles. The average molecular weight is 414 g/mol. The molecule has 1 aromatic carbocycles. The minimum Gasteiger partial charge on any atom is -0.495 e. The van der Waals surface area contributed by atoms with E-state index < -0.39 is 5.91 Å². The summed E-state index contributed by atoms with van der Waals surface area (Å²) in [6.45, 7) is 5.17. The smallest absolute Gasteiger partial charge is 0.275 e. The molecule has 2 N–H and O–H groups in total. The van der Waals surface area contributed by atoms with Crippen molar-refractivity contribution >= 4 is 34.8 Å². The molecule has 150 valence electrons. The van der Waals surface area contributed by atoms with Crippen LogP contribution < -0.4 is 15.4 Å². The van der Waals surface area contributed by atoms with E-state index in [9.17, 15) is 9.59 Å². The summed E-state index contributed by atoms with van der Waals surface area (Å²) in [5, 5.41) is 9.99. The molecule has 2 amide bonds. The SMILES string of the molecule is COc1ccc(NC(=O)c2nc(-n3nc(C)cc3C)ccc2Cl)cc1NC(C)=O. The van der Waals surface area contributed by atoms with Gasteiger partial charge in [0.15, 0.2) is 5.82 Å². The molecule has 3 rings (SSSR count). The molecule has 8 nitrogen and oxygen atoms in total. The van der Waals surface area contributed by atoms with E-state index in [1.54, 1.807) is 35.0 Å². The largest absolute Gasteiger partial charge is 0.495 e. The molecule has 2 aromatic heterocycles. The lowest BCUT2D eigenvalue weighted by Crippen LogP contribution is -2.16. The number of amides is 2. The van der Waals surface area contributed by atoms with Gasteiger partial charge in [0.2, 0.25) is 5.91 Å². The van der Waals surface area contributed by atoms with E-state index in [4.69, 9.17) is 16.3 Å². The second-order valence-corrected chi connectivity index (χ2v) is 6.80. The van der Waals surface area contributed by atoms with Crippen molar-refractivity contribution in [2.45, 2.75) is 20.8 Å². The Balaban J connectivity index is 1.90. The van der Waals surface area contributed by atoms with Crippen molar-refractivity contribution in [3.63, 3.8) is 0 Å². The molecule has 0 fully saturated rings. The molecule has 0 saturated carbocycles. The van der Waals surface area contributed by atoms with Gasteiger partial charge in [-0.25, -0.2) is 9.67 Å². The number of pyridine rings is 1. The van der Waals surface area contributed by atoms with Crippen molar-refractivity contribution in [2.24, 2.45) is 0 Å². The number of ether oxygens (including phenoxy) is 1. The van der Waals surface area contributed by atoms with E-state index in [-0.39, 0.29) is 16.6 Å². The Labute approximate surface area is 172 Å². The highest BCUT2D eigenvalue weighted by Crippen LogP contribution is 2.28. The van der Waals surface area contributed by atoms with Crippen LogP contribution in [0, 0.1) is 13.8 Å². The van der Waals surface area contributed by atoms with Gasteiger partial charge in [0.05, 0.1) is 23.5 Å². The quantitative estimate of drug-likeness (QED) is 0.663. The van der Waals surface area contributed by atoms with Crippen molar-refractivity contribution < 1.29 is 14.3 Å². The van der Waals surface area contributed by atoms with Gasteiger partial charge in [0.25, 0.3) is 5.91 Å². The number of aromatic nitrogens is 3. The number of hydrogen-bond donors (Lipinski definition) is 2. The van der Waals surface area contributed by atoms with Crippen LogP contribution in [0.3, 0.4) is 0 Å². The van der Waals surface area contributed by atoms with Crippen LogP contribution in [0.1, 0.15) is 28.8 Å². The number of carbonyl (C=O) groups is 2. The highest BCUT2D eigenvalue weighted by Gasteiger charge is 2.16. The predicted molar refractivity (Wildman–Crippen MR) is 111 cm³/mol. The number of benzene rings is 1. The first-order valence-electron chi connectivity index (χ1n) is 8.75. The average Bonchev–Trinajstić information content (AvgIpc) is 3.00. The summed E-state index contributed by atoms with van der Waals surface area (Å²) in [5.74, 6) is 0.214. The Hall–Kier alpha value is -3.39. The Morgan fingerprint density at radius 2 is 1.86 bits per heavy atom. The summed E-state index contributed by atoms with van der Waals surface area (Å²) in [7, 11) is 1.49. The number of rotatable bonds is 5. The van der Waals surface area contributed by atoms with E-state index in [0.29, 0.717) is 22.9 Å². The van der Waals surface area contributed by atoms with Crippen molar-refractivity contribution in [1.82, 2.24) is 14.8 Å². The number of halogens is 1. The summed E-state index contributed by atoms with van der Waals surface area (Å²) < 4.78 is 6.86. The lowest BCUT2D eigenvalue weighted by molar-refractivity contribution is -0.114. The summed E-state index contributed by atoms with van der Waals surface area (Å²) in [5.41, 5.74) is 2.68. The summed E-state index contributed by atoms with van der Waals surface area (Å²) >= 11 is 6.21. The Morgan fingerprint density at radius 3 is 2.48 bits per heavy atom. The van der Waals surface area contributed by atoms with Gasteiger partial charge < -0.3 is 15.4 Å². The van der Waals surface area contributed by atoms with Gasteiger partial charge in [0.1, 0.15) is 11.4 Å². The fourth-order valence-corrected chi connectivity index (χ4v) is 3.02. The van der Waals surface area contributed by atoms with E-state index in [1.165, 1.54) is 14.0 Å². The molecule has 0 atom stereocenters. The third-order valence-electron chi connectivity index (χ3n) is 4.04. The van der Waals surface area contributed by atoms with Gasteiger partial charge in [-0.15, -0.1) is 0 Å². The number of carbonyl (C=O) groups excluding carboxylic acids is 2. The van der Waals surface area contributed by atoms with E-state index >= 15 is 0 Å². The van der Waals surface area contributed by atoms with Crippen LogP contribution >= 0.6 is 11.6 Å². The van der Waals surface area contributed by atoms with Crippen LogP contribution in [0.5, 0.6) is 5.75 Å². The molecule has 9 heteroatoms. The lowest BCUT2D eigenvalue weighted by atomic mass is 10.2. The second-order valence-electron chi connectivity index (χ2n) is 6.39. The molecule has 0 spiro atoms. The molecule has 0 aliphatic rings. The van der Waals surface area contributed by atoms with Crippen LogP contribution in [0.2, 0.25) is 5.02 Å². The molecule has 0 radical (unpaired) electrons. The number of nitrogens with one attached hydrogen (secondary N) is 2. The van der Waals surface area contributed by atoms with Crippen LogP contribution in [0.25, 0.3) is 5.82 Å². The third-order valence-corrected chi connectivity index (χ3v) is 4.35. The predicted octanol–water partition coefficient (Wildman–Crippen LogP) is 3.76. The highest BCUT2D eigenvalue weighted by molar-refractivity contribution is 6.34. The van der Waals surface area contributed by atoms with Crippen LogP contribution in [0.15, 0.2) is 36.4 Å². The topological polar surface area (TPSA) is 98.1 Å². The van der Waals surface area contributed by atoms with Crippen LogP contribution in [-0.4, -0.2) is 33.7 Å². The van der Waals surface area contributed by atoms with Crippen molar-refractivity contribution in [3.05, 3.63) is 58.5 Å². The van der Waals surface area contributed by atoms with Crippen LogP contribution in [0.4, 0.5) is 11.4 Å². The number of aryl methyl sites for hydroxylation is 2. The van der Waals surface area contributed by atoms with Gasteiger partial charge in [-0.3, -0.25) is 9.59 Å². The van der Waals surface area contributed by atoms with E-state index in [1.807, 2.05) is 19.9 Å². The Morgan fingerprint density at radius 1 is 1.10 bits per heavy atom. The number of methoxy groups -OCH3 is 1. The van der Waals surface area contributed by atoms with Gasteiger partial charge in [-0.2, -0.15) is 5.10 Å². The fourth-order valence-electron chi connectivity index (χ4n) is 2.83. The first kappa shape index (κ1) is 20.3. The van der Waals surface area contributed by atoms with Gasteiger partial charge in [-0.1, -0.05) is 11.6 Å². The molecule has 0 saturated heterocycles. The summed E-state index contributed by atoms with van der Waals surface area (Å²) in [6.07, 6.45) is 0. The molecular weight excluding hydrogens is 394 g/mol. The van der Waals surface area contributed by atoms with Crippen LogP contribution in [-0.2, 0) is 4.79 Å². The molecule has 0 unspecified atom stereocenters. The zero-order valence-corrected chi connectivity index (χ0v) is 17.2. The Bertz CT molecular complexity index is 1090. The maximum atomic E-state index is 12.8. The lowest BCUT2D eigenvalue weighted by Gasteiger charge is -2.12. The molecule has 29 heavy (non-hydrogen) atoms. The maximum absolute atomic E-state index is 12.8. The molecule has 0 bridgehead atoms. The highest BCUT2D eigenvalue weighted by atomic mass is 35.5. The molecular formula is C20H20ClN5O3. The first-order chi connectivity index (χ1) is 13.8. The fraction of sp³-hybridized carbons (Fsp3) is 0.200. The monoisotopic (exact) mass is 413 g/mol. The van der Waals surface area contributed by atoms with Gasteiger partial charge in [0, 0.05) is 18.3 Å².